The van der Waals surface area contributed by atoms with E-state index in [-0.39, 0.29) is 32.0 Å². The van der Waals surface area contributed by atoms with Crippen molar-refractivity contribution in [3.05, 3.63) is 84.4 Å². The first-order valence-corrected chi connectivity index (χ1v) is 11.1. The van der Waals surface area contributed by atoms with E-state index in [2.05, 4.69) is 11.9 Å². The second kappa shape index (κ2) is 12.0. The molecule has 7 nitrogen and oxygen atoms in total. The predicted molar refractivity (Wildman–Crippen MR) is 124 cm³/mol. The van der Waals surface area contributed by atoms with E-state index in [0.29, 0.717) is 12.8 Å². The van der Waals surface area contributed by atoms with E-state index in [0.717, 1.165) is 16.0 Å². The minimum absolute atomic E-state index is 0.113. The number of aliphatic hydroxyl groups is 1. The van der Waals surface area contributed by atoms with Gasteiger partial charge in [-0.2, -0.15) is 0 Å². The zero-order valence-corrected chi connectivity index (χ0v) is 18.6. The Labute approximate surface area is 194 Å². The number of ether oxygens (including phenoxy) is 1. The average molecular weight is 451 g/mol. The van der Waals surface area contributed by atoms with Gasteiger partial charge in [0.1, 0.15) is 6.61 Å². The molecule has 0 unspecified atom stereocenters. The summed E-state index contributed by atoms with van der Waals surface area (Å²) >= 11 is 0. The monoisotopic (exact) mass is 450 g/mol. The minimum atomic E-state index is -0.748. The number of cyclic esters (lactones) is 1. The summed E-state index contributed by atoms with van der Waals surface area (Å²) in [6.07, 6.45) is 1.97. The number of carbonyl (C=O) groups is 3. The van der Waals surface area contributed by atoms with Gasteiger partial charge in [0.2, 0.25) is 11.8 Å². The fourth-order valence-corrected chi connectivity index (χ4v) is 4.01. The van der Waals surface area contributed by atoms with Gasteiger partial charge in [0.15, 0.2) is 0 Å². The topological polar surface area (TPSA) is 95.9 Å². The van der Waals surface area contributed by atoms with Crippen molar-refractivity contribution in [1.82, 2.24) is 10.2 Å². The number of rotatable bonds is 11. The molecule has 1 heterocycles. The zero-order chi connectivity index (χ0) is 23.6. The Balaban J connectivity index is 1.64. The van der Waals surface area contributed by atoms with Crippen molar-refractivity contribution in [2.45, 2.75) is 37.8 Å². The number of nitrogens with one attached hydrogen (secondary N) is 1. The summed E-state index contributed by atoms with van der Waals surface area (Å²) in [7, 11) is 0. The van der Waals surface area contributed by atoms with Crippen LogP contribution in [0.5, 0.6) is 0 Å². The van der Waals surface area contributed by atoms with Crippen molar-refractivity contribution in [2.24, 2.45) is 5.92 Å². The van der Waals surface area contributed by atoms with Crippen molar-refractivity contribution < 1.29 is 24.2 Å². The van der Waals surface area contributed by atoms with E-state index < -0.39 is 30.0 Å². The van der Waals surface area contributed by atoms with Gasteiger partial charge in [0, 0.05) is 6.42 Å². The molecule has 3 atom stereocenters. The first kappa shape index (κ1) is 24.2. The van der Waals surface area contributed by atoms with Gasteiger partial charge >= 0.3 is 6.09 Å². The predicted octanol–water partition coefficient (Wildman–Crippen LogP) is 2.88. The minimum Gasteiger partial charge on any atom is -0.447 e. The van der Waals surface area contributed by atoms with Gasteiger partial charge in [-0.3, -0.25) is 9.59 Å². The van der Waals surface area contributed by atoms with E-state index in [1.807, 2.05) is 60.7 Å². The largest absolute Gasteiger partial charge is 0.447 e. The first-order valence-electron chi connectivity index (χ1n) is 11.1. The van der Waals surface area contributed by atoms with Crippen LogP contribution in [-0.2, 0) is 27.2 Å². The van der Waals surface area contributed by atoms with Crippen LogP contribution in [0.4, 0.5) is 4.79 Å². The summed E-state index contributed by atoms with van der Waals surface area (Å²) in [6, 6.07) is 18.2. The number of aliphatic hydroxyl groups excluding tert-OH is 1. The van der Waals surface area contributed by atoms with Crippen molar-refractivity contribution in [1.29, 1.82) is 0 Å². The van der Waals surface area contributed by atoms with Crippen LogP contribution in [0.1, 0.15) is 24.0 Å². The Hall–Kier alpha value is -3.45. The second-order valence-corrected chi connectivity index (χ2v) is 8.19. The van der Waals surface area contributed by atoms with Crippen LogP contribution in [0.25, 0.3) is 0 Å². The van der Waals surface area contributed by atoms with Crippen molar-refractivity contribution >= 4 is 17.9 Å². The van der Waals surface area contributed by atoms with Gasteiger partial charge in [0.25, 0.3) is 0 Å². The molecule has 0 spiro atoms. The molecule has 3 amide bonds. The van der Waals surface area contributed by atoms with Crippen molar-refractivity contribution in [2.75, 3.05) is 13.2 Å². The summed E-state index contributed by atoms with van der Waals surface area (Å²) in [5.41, 5.74) is 1.97. The molecule has 0 radical (unpaired) electrons. The summed E-state index contributed by atoms with van der Waals surface area (Å²) in [4.78, 5) is 39.5. The molecule has 7 heteroatoms. The van der Waals surface area contributed by atoms with Gasteiger partial charge in [-0.05, 0) is 30.4 Å². The highest BCUT2D eigenvalue weighted by Crippen LogP contribution is 2.23. The smallest absolute Gasteiger partial charge is 0.416 e. The number of carbonyl (C=O) groups excluding carboxylic acids is 3. The lowest BCUT2D eigenvalue weighted by Gasteiger charge is -2.25. The van der Waals surface area contributed by atoms with E-state index in [1.54, 1.807) is 6.08 Å². The van der Waals surface area contributed by atoms with E-state index in [9.17, 15) is 19.5 Å². The molecule has 0 bridgehead atoms. The van der Waals surface area contributed by atoms with Crippen LogP contribution in [0.15, 0.2) is 73.3 Å². The fraction of sp³-hybridized carbons (Fsp3) is 0.346. The molecule has 0 aliphatic carbocycles. The van der Waals surface area contributed by atoms with E-state index in [1.165, 1.54) is 0 Å². The van der Waals surface area contributed by atoms with Crippen LogP contribution in [-0.4, -0.2) is 53.2 Å². The highest BCUT2D eigenvalue weighted by molar-refractivity contribution is 5.96. The molecule has 2 aromatic rings. The van der Waals surface area contributed by atoms with Crippen LogP contribution in [0.3, 0.4) is 0 Å². The highest BCUT2D eigenvalue weighted by Gasteiger charge is 2.41. The Morgan fingerprint density at radius 1 is 1.12 bits per heavy atom. The number of hydrogen-bond acceptors (Lipinski definition) is 5. The number of benzene rings is 2. The molecule has 174 valence electrons. The molecule has 0 aromatic heterocycles. The highest BCUT2D eigenvalue weighted by atomic mass is 16.6. The molecule has 1 aliphatic rings. The maximum Gasteiger partial charge on any atom is 0.416 e. The lowest BCUT2D eigenvalue weighted by Crippen LogP contribution is -2.46. The van der Waals surface area contributed by atoms with Gasteiger partial charge in [-0.1, -0.05) is 66.7 Å². The standard InChI is InChI=1S/C26H30N2O5/c1-2-9-21(16-24(30)27-22(17-29)14-19-10-5-3-6-11-19)25(31)28-23(18-33-26(28)32)15-20-12-7-4-8-13-20/h2-8,10-13,21-23,29H,1,9,14-18H2,(H,27,30)/t21-,22-,23-/m1/s1. The third kappa shape index (κ3) is 6.76. The number of allylic oxidation sites excluding steroid dienone is 1. The molecule has 1 fully saturated rings. The second-order valence-electron chi connectivity index (χ2n) is 8.19. The van der Waals surface area contributed by atoms with Crippen LogP contribution < -0.4 is 5.32 Å². The van der Waals surface area contributed by atoms with Gasteiger partial charge < -0.3 is 15.2 Å². The van der Waals surface area contributed by atoms with Crippen molar-refractivity contribution in [3.8, 4) is 0 Å². The van der Waals surface area contributed by atoms with Crippen LogP contribution in [0, 0.1) is 5.92 Å². The normalized spacial score (nSPS) is 17.2. The average Bonchev–Trinajstić information content (AvgIpc) is 3.18. The Bertz CT molecular complexity index is 948. The summed E-state index contributed by atoms with van der Waals surface area (Å²) < 4.78 is 5.16. The molecule has 2 N–H and O–H groups in total. The molecule has 2 aromatic carbocycles. The zero-order valence-electron chi connectivity index (χ0n) is 18.6. The fourth-order valence-electron chi connectivity index (χ4n) is 4.01. The maximum absolute atomic E-state index is 13.3. The number of amides is 3. The Kier molecular flexibility index (Phi) is 8.78. The SMILES string of the molecule is C=CC[C@H](CC(=O)N[C@@H](CO)Cc1ccccc1)C(=O)N1C(=O)OC[C@H]1Cc1ccccc1. The molecule has 33 heavy (non-hydrogen) atoms. The van der Waals surface area contributed by atoms with E-state index >= 15 is 0 Å². The lowest BCUT2D eigenvalue weighted by molar-refractivity contribution is -0.136. The van der Waals surface area contributed by atoms with Crippen LogP contribution in [0.2, 0.25) is 0 Å². The third-order valence-electron chi connectivity index (χ3n) is 5.66. The third-order valence-corrected chi connectivity index (χ3v) is 5.66. The first-order chi connectivity index (χ1) is 16.0. The molecule has 1 aliphatic heterocycles. The maximum atomic E-state index is 13.3. The molecule has 1 saturated heterocycles. The van der Waals surface area contributed by atoms with Gasteiger partial charge in [-0.15, -0.1) is 6.58 Å². The van der Waals surface area contributed by atoms with Crippen molar-refractivity contribution in [3.63, 3.8) is 0 Å². The number of hydrogen-bond donors (Lipinski definition) is 2. The van der Waals surface area contributed by atoms with Gasteiger partial charge in [0.05, 0.1) is 24.6 Å². The Morgan fingerprint density at radius 2 is 1.76 bits per heavy atom. The van der Waals surface area contributed by atoms with Crippen LogP contribution >= 0.6 is 0 Å². The summed E-state index contributed by atoms with van der Waals surface area (Å²) in [5.74, 6) is -1.56. The molecule has 3 rings (SSSR count). The molecular formula is C26H30N2O5. The Morgan fingerprint density at radius 3 is 2.36 bits per heavy atom. The van der Waals surface area contributed by atoms with Gasteiger partial charge in [-0.25, -0.2) is 9.69 Å². The number of imide groups is 1. The summed E-state index contributed by atoms with van der Waals surface area (Å²) in [5, 5.41) is 12.5. The molecule has 0 saturated carbocycles. The quantitative estimate of drug-likeness (QED) is 0.513. The summed E-state index contributed by atoms with van der Waals surface area (Å²) in [6.45, 7) is 3.59. The lowest BCUT2D eigenvalue weighted by atomic mass is 9.97. The van der Waals surface area contributed by atoms with E-state index in [4.69, 9.17) is 4.74 Å². The number of nitrogens with zero attached hydrogens (tertiary/aromatic N) is 1. The molecular weight excluding hydrogens is 420 g/mol.